The predicted molar refractivity (Wildman–Crippen MR) is 88.5 cm³/mol. The van der Waals surface area contributed by atoms with Gasteiger partial charge in [0.05, 0.1) is 12.8 Å². The van der Waals surface area contributed by atoms with Crippen molar-refractivity contribution >= 4 is 34.8 Å². The van der Waals surface area contributed by atoms with Crippen LogP contribution in [0.15, 0.2) is 11.4 Å². The van der Waals surface area contributed by atoms with Crippen molar-refractivity contribution in [2.45, 2.75) is 38.6 Å². The third-order valence-electron chi connectivity index (χ3n) is 4.41. The van der Waals surface area contributed by atoms with Gasteiger partial charge in [0.2, 0.25) is 11.8 Å². The fourth-order valence-corrected chi connectivity index (χ4v) is 3.64. The molecule has 0 bridgehead atoms. The van der Waals surface area contributed by atoms with E-state index in [0.717, 1.165) is 25.7 Å². The van der Waals surface area contributed by atoms with E-state index in [1.165, 1.54) is 18.4 Å². The first-order chi connectivity index (χ1) is 10.9. The molecule has 126 valence electrons. The smallest absolute Gasteiger partial charge is 0.350 e. The minimum atomic E-state index is -0.443. The van der Waals surface area contributed by atoms with Crippen molar-refractivity contribution in [1.82, 2.24) is 4.90 Å². The average Bonchev–Trinajstić information content (AvgIpc) is 3.01. The molecule has 0 unspecified atom stereocenters. The molecule has 2 rings (SSSR count). The molecule has 7 heteroatoms. The Labute approximate surface area is 139 Å². The zero-order valence-electron chi connectivity index (χ0n) is 13.6. The second kappa shape index (κ2) is 7.59. The van der Waals surface area contributed by atoms with Crippen LogP contribution in [-0.4, -0.2) is 42.9 Å². The molecule has 1 aromatic heterocycles. The summed E-state index contributed by atoms with van der Waals surface area (Å²) in [6.45, 7) is 1.56. The van der Waals surface area contributed by atoms with Gasteiger partial charge in [-0.2, -0.15) is 0 Å². The highest BCUT2D eigenvalue weighted by molar-refractivity contribution is 7.12. The van der Waals surface area contributed by atoms with Crippen molar-refractivity contribution in [3.8, 4) is 0 Å². The Hall–Kier alpha value is -1.89. The highest BCUT2D eigenvalue weighted by Crippen LogP contribution is 2.30. The molecule has 23 heavy (non-hydrogen) atoms. The van der Waals surface area contributed by atoms with E-state index >= 15 is 0 Å². The number of anilines is 1. The van der Waals surface area contributed by atoms with Gasteiger partial charge in [-0.15, -0.1) is 11.3 Å². The number of esters is 1. The van der Waals surface area contributed by atoms with Crippen LogP contribution in [-0.2, 0) is 14.3 Å². The number of ether oxygens (including phenoxy) is 1. The summed E-state index contributed by atoms with van der Waals surface area (Å²) in [5.74, 6) is -0.546. The Kier molecular flexibility index (Phi) is 5.76. The van der Waals surface area contributed by atoms with Gasteiger partial charge < -0.3 is 15.0 Å². The topological polar surface area (TPSA) is 75.7 Å². The Morgan fingerprint density at radius 1 is 1.26 bits per heavy atom. The number of hydrogen-bond donors (Lipinski definition) is 1. The van der Waals surface area contributed by atoms with Crippen LogP contribution in [0.5, 0.6) is 0 Å². The summed E-state index contributed by atoms with van der Waals surface area (Å²) in [6.07, 6.45) is 3.13. The van der Waals surface area contributed by atoms with Crippen LogP contribution in [0.3, 0.4) is 0 Å². The van der Waals surface area contributed by atoms with E-state index in [1.54, 1.807) is 30.3 Å². The fourth-order valence-electron chi connectivity index (χ4n) is 2.88. The molecule has 6 nitrogen and oxygen atoms in total. The molecule has 1 heterocycles. The Bertz CT molecular complexity index is 591. The first-order valence-electron chi connectivity index (χ1n) is 7.64. The Morgan fingerprint density at radius 2 is 1.91 bits per heavy atom. The van der Waals surface area contributed by atoms with Crippen molar-refractivity contribution in [3.05, 3.63) is 16.3 Å². The van der Waals surface area contributed by atoms with Crippen LogP contribution in [0.25, 0.3) is 0 Å². The summed E-state index contributed by atoms with van der Waals surface area (Å²) < 4.78 is 4.71. The van der Waals surface area contributed by atoms with E-state index in [2.05, 4.69) is 5.32 Å². The number of nitrogens with zero attached hydrogens (tertiary/aromatic N) is 1. The van der Waals surface area contributed by atoms with Crippen LogP contribution in [0.4, 0.5) is 5.69 Å². The molecule has 0 aromatic carbocycles. The molecular formula is C16H22N2O4S. The average molecular weight is 338 g/mol. The van der Waals surface area contributed by atoms with E-state index in [0.29, 0.717) is 10.6 Å². The summed E-state index contributed by atoms with van der Waals surface area (Å²) >= 11 is 1.24. The number of rotatable bonds is 4. The molecule has 1 N–H and O–H groups in total. The summed E-state index contributed by atoms with van der Waals surface area (Å²) in [4.78, 5) is 37.6. The van der Waals surface area contributed by atoms with Gasteiger partial charge in [-0.25, -0.2) is 4.79 Å². The van der Waals surface area contributed by atoms with Gasteiger partial charge in [-0.1, -0.05) is 0 Å². The second-order valence-corrected chi connectivity index (χ2v) is 6.70. The van der Waals surface area contributed by atoms with Crippen molar-refractivity contribution in [2.75, 3.05) is 19.5 Å². The maximum Gasteiger partial charge on any atom is 0.350 e. The third kappa shape index (κ3) is 4.10. The maximum atomic E-state index is 12.4. The molecule has 0 spiro atoms. The third-order valence-corrected chi connectivity index (χ3v) is 5.30. The molecule has 2 amide bonds. The van der Waals surface area contributed by atoms with Crippen LogP contribution in [0, 0.1) is 5.92 Å². The van der Waals surface area contributed by atoms with Crippen molar-refractivity contribution in [1.29, 1.82) is 0 Å². The molecule has 1 aliphatic carbocycles. The lowest BCUT2D eigenvalue weighted by molar-refractivity contribution is -0.130. The van der Waals surface area contributed by atoms with Gasteiger partial charge in [0.25, 0.3) is 0 Å². The van der Waals surface area contributed by atoms with Crippen molar-refractivity contribution in [2.24, 2.45) is 5.92 Å². The number of amides is 2. The maximum absolute atomic E-state index is 12.4. The van der Waals surface area contributed by atoms with E-state index in [9.17, 15) is 14.4 Å². The first kappa shape index (κ1) is 17.5. The summed E-state index contributed by atoms with van der Waals surface area (Å²) in [5, 5.41) is 4.58. The SMILES string of the molecule is COC(=O)c1sccc1NC(=O)[C@H]1CC[C@H](N(C)C(C)=O)CC1. The molecule has 0 radical (unpaired) electrons. The van der Waals surface area contributed by atoms with E-state index in [4.69, 9.17) is 4.74 Å². The van der Waals surface area contributed by atoms with E-state index in [1.807, 2.05) is 0 Å². The van der Waals surface area contributed by atoms with Gasteiger partial charge in [0, 0.05) is 25.9 Å². The quantitative estimate of drug-likeness (QED) is 0.856. The van der Waals surface area contributed by atoms with E-state index < -0.39 is 5.97 Å². The first-order valence-corrected chi connectivity index (χ1v) is 8.52. The number of thiophene rings is 1. The number of hydrogen-bond acceptors (Lipinski definition) is 5. The second-order valence-electron chi connectivity index (χ2n) is 5.78. The molecule has 1 aromatic rings. The Morgan fingerprint density at radius 3 is 2.48 bits per heavy atom. The van der Waals surface area contributed by atoms with Crippen LogP contribution in [0.2, 0.25) is 0 Å². The zero-order valence-corrected chi connectivity index (χ0v) is 14.4. The molecule has 1 aliphatic rings. The van der Waals surface area contributed by atoms with Gasteiger partial charge in [0.15, 0.2) is 0 Å². The molecule has 0 atom stereocenters. The largest absolute Gasteiger partial charge is 0.465 e. The van der Waals surface area contributed by atoms with Crippen LogP contribution >= 0.6 is 11.3 Å². The lowest BCUT2D eigenvalue weighted by atomic mass is 9.85. The molecule has 1 saturated carbocycles. The monoisotopic (exact) mass is 338 g/mol. The molecule has 0 saturated heterocycles. The molecule has 1 fully saturated rings. The standard InChI is InChI=1S/C16H22N2O4S/c1-10(19)18(2)12-6-4-11(5-7-12)15(20)17-13-8-9-23-14(13)16(21)22-3/h8-9,11-12H,4-7H2,1-3H3,(H,17,20)/t11-,12-. The number of carbonyl (C=O) groups is 3. The summed E-state index contributed by atoms with van der Waals surface area (Å²) in [7, 11) is 3.13. The lowest BCUT2D eigenvalue weighted by Gasteiger charge is -2.33. The summed E-state index contributed by atoms with van der Waals surface area (Å²) in [6, 6.07) is 1.92. The molecular weight excluding hydrogens is 316 g/mol. The van der Waals surface area contributed by atoms with Gasteiger partial charge in [-0.3, -0.25) is 9.59 Å². The van der Waals surface area contributed by atoms with Crippen molar-refractivity contribution in [3.63, 3.8) is 0 Å². The van der Waals surface area contributed by atoms with Gasteiger partial charge in [0.1, 0.15) is 4.88 Å². The highest BCUT2D eigenvalue weighted by atomic mass is 32.1. The minimum absolute atomic E-state index is 0.0545. The lowest BCUT2D eigenvalue weighted by Crippen LogP contribution is -2.40. The molecule has 0 aliphatic heterocycles. The van der Waals surface area contributed by atoms with E-state index in [-0.39, 0.29) is 23.8 Å². The van der Waals surface area contributed by atoms with Crippen LogP contribution in [0.1, 0.15) is 42.3 Å². The number of carbonyl (C=O) groups excluding carboxylic acids is 3. The Balaban J connectivity index is 1.92. The predicted octanol–water partition coefficient (Wildman–Crippen LogP) is 2.51. The highest BCUT2D eigenvalue weighted by Gasteiger charge is 2.29. The minimum Gasteiger partial charge on any atom is -0.465 e. The number of methoxy groups -OCH3 is 1. The zero-order chi connectivity index (χ0) is 17.0. The van der Waals surface area contributed by atoms with Gasteiger partial charge in [-0.05, 0) is 37.1 Å². The van der Waals surface area contributed by atoms with Crippen molar-refractivity contribution < 1.29 is 19.1 Å². The fraction of sp³-hybridized carbons (Fsp3) is 0.562. The van der Waals surface area contributed by atoms with Gasteiger partial charge >= 0.3 is 5.97 Å². The normalized spacial score (nSPS) is 20.7. The number of nitrogens with one attached hydrogen (secondary N) is 1. The van der Waals surface area contributed by atoms with Crippen LogP contribution < -0.4 is 5.32 Å². The summed E-state index contributed by atoms with van der Waals surface area (Å²) in [5.41, 5.74) is 0.509.